The number of rotatable bonds is 4. The number of Topliss-reactive ketones (excluding diaryl/α,β-unsaturated/α-hetero) is 2. The van der Waals surface area contributed by atoms with Crippen LogP contribution in [0.1, 0.15) is 41.9 Å². The maximum Gasteiger partial charge on any atom is 0.255 e. The quantitative estimate of drug-likeness (QED) is 0.254. The number of phenols is 1. The molecule has 0 saturated carbocycles. The first-order chi connectivity index (χ1) is 17.9. The van der Waals surface area contributed by atoms with Crippen molar-refractivity contribution >= 4 is 23.7 Å². The van der Waals surface area contributed by atoms with Crippen LogP contribution in [0.5, 0.6) is 5.75 Å². The second-order valence-corrected chi connectivity index (χ2v) is 10.1. The molecule has 11 nitrogen and oxygen atoms in total. The summed E-state index contributed by atoms with van der Waals surface area (Å²) in [5, 5.41) is 44.2. The fraction of sp³-hybridized carbons (Fsp3) is 0.333. The number of amides is 1. The lowest BCUT2D eigenvalue weighted by molar-refractivity contribution is -0.158. The van der Waals surface area contributed by atoms with E-state index < -0.39 is 57.5 Å². The molecular formula is C27H27N3O8. The number of phenolic OH excluding ortho intramolecular Hbond substituents is 1. The number of nitrogens with zero attached hydrogens (tertiary/aromatic N) is 1. The van der Waals surface area contributed by atoms with Crippen molar-refractivity contribution in [3.63, 3.8) is 0 Å². The normalized spacial score (nSPS) is 28.9. The summed E-state index contributed by atoms with van der Waals surface area (Å²) in [7, 11) is 0. The maximum atomic E-state index is 13.8. The number of aliphatic hydroxyl groups excluding tert-OH is 2. The van der Waals surface area contributed by atoms with Crippen LogP contribution >= 0.6 is 0 Å². The van der Waals surface area contributed by atoms with E-state index in [0.29, 0.717) is 29.2 Å². The SMILES string of the molecule is CC/N=C/c1ccc(-c2ccc(O)c3c2C[C@H]2CC4(C)C(N)C(O)=C(C(N)=O)C(=O)[C@@]4(O)C(O)=C2C3=O)o1. The average molecular weight is 522 g/mol. The van der Waals surface area contributed by atoms with Gasteiger partial charge in [-0.1, -0.05) is 6.92 Å². The summed E-state index contributed by atoms with van der Waals surface area (Å²) >= 11 is 0. The van der Waals surface area contributed by atoms with Crippen LogP contribution in [0, 0.1) is 11.3 Å². The molecule has 8 N–H and O–H groups in total. The summed E-state index contributed by atoms with van der Waals surface area (Å²) in [6.07, 6.45) is 1.58. The van der Waals surface area contributed by atoms with E-state index in [0.717, 1.165) is 0 Å². The van der Waals surface area contributed by atoms with E-state index >= 15 is 0 Å². The maximum absolute atomic E-state index is 13.8. The summed E-state index contributed by atoms with van der Waals surface area (Å²) < 4.78 is 5.88. The fourth-order valence-corrected chi connectivity index (χ4v) is 6.06. The second-order valence-electron chi connectivity index (χ2n) is 10.1. The molecule has 3 aliphatic rings. The number of carbonyl (C=O) groups excluding carboxylic acids is 3. The van der Waals surface area contributed by atoms with E-state index in [1.54, 1.807) is 24.4 Å². The number of aliphatic imine (C=N–C) groups is 1. The Bertz CT molecular complexity index is 1520. The Morgan fingerprint density at radius 3 is 2.58 bits per heavy atom. The number of aliphatic hydroxyl groups is 3. The van der Waals surface area contributed by atoms with Gasteiger partial charge in [0.1, 0.15) is 34.4 Å². The van der Waals surface area contributed by atoms with Gasteiger partial charge in [-0.3, -0.25) is 19.4 Å². The van der Waals surface area contributed by atoms with Crippen LogP contribution in [0.25, 0.3) is 11.3 Å². The molecule has 0 saturated heterocycles. The summed E-state index contributed by atoms with van der Waals surface area (Å²) in [5.74, 6) is -5.40. The first kappa shape index (κ1) is 25.4. The molecule has 0 bridgehead atoms. The highest BCUT2D eigenvalue weighted by Crippen LogP contribution is 2.57. The number of hydrogen-bond acceptors (Lipinski definition) is 10. The molecule has 0 spiro atoms. The monoisotopic (exact) mass is 521 g/mol. The first-order valence-electron chi connectivity index (χ1n) is 12.1. The first-order valence-corrected chi connectivity index (χ1v) is 12.1. The number of benzene rings is 1. The molecule has 5 rings (SSSR count). The minimum absolute atomic E-state index is 0.103. The van der Waals surface area contributed by atoms with Crippen molar-refractivity contribution in [1.29, 1.82) is 0 Å². The topological polar surface area (TPSA) is 210 Å². The number of allylic oxidation sites excluding steroid dienone is 1. The third-order valence-corrected chi connectivity index (χ3v) is 8.05. The Morgan fingerprint density at radius 1 is 1.21 bits per heavy atom. The van der Waals surface area contributed by atoms with Crippen LogP contribution in [-0.2, 0) is 16.0 Å². The highest BCUT2D eigenvalue weighted by molar-refractivity contribution is 6.25. The van der Waals surface area contributed by atoms with Gasteiger partial charge in [-0.05, 0) is 55.5 Å². The molecule has 0 aliphatic heterocycles. The summed E-state index contributed by atoms with van der Waals surface area (Å²) in [5.41, 5.74) is 6.67. The molecule has 0 fully saturated rings. The van der Waals surface area contributed by atoms with E-state index in [1.807, 2.05) is 6.92 Å². The highest BCUT2D eigenvalue weighted by Gasteiger charge is 2.68. The van der Waals surface area contributed by atoms with Crippen molar-refractivity contribution in [2.75, 3.05) is 6.54 Å². The van der Waals surface area contributed by atoms with Crippen LogP contribution in [-0.4, -0.2) is 62.3 Å². The van der Waals surface area contributed by atoms with Crippen LogP contribution in [0.15, 0.2) is 56.3 Å². The van der Waals surface area contributed by atoms with Gasteiger partial charge in [0.2, 0.25) is 5.78 Å². The Hall–Kier alpha value is -4.22. The van der Waals surface area contributed by atoms with Crippen molar-refractivity contribution in [3.05, 3.63) is 63.8 Å². The molecule has 0 radical (unpaired) electrons. The molecule has 3 aliphatic carbocycles. The van der Waals surface area contributed by atoms with Crippen LogP contribution < -0.4 is 11.5 Å². The second kappa shape index (κ2) is 8.40. The van der Waals surface area contributed by atoms with Crippen LogP contribution in [0.4, 0.5) is 0 Å². The van der Waals surface area contributed by atoms with Gasteiger partial charge >= 0.3 is 0 Å². The Morgan fingerprint density at radius 2 is 1.92 bits per heavy atom. The van der Waals surface area contributed by atoms with E-state index in [-0.39, 0.29) is 29.7 Å². The number of ketones is 2. The predicted molar refractivity (Wildman–Crippen MR) is 135 cm³/mol. The summed E-state index contributed by atoms with van der Waals surface area (Å²) in [4.78, 5) is 43.2. The standard InChI is InChI=1S/C27H27N3O8/c1-3-30-10-12-4-7-16(38-12)13-5-6-15(31)18-14(13)8-11-9-26(2)22(28)21(33)19(25(29)36)24(35)27(26,37)23(34)17(11)20(18)32/h4-7,10-11,22,31,33-34,37H,3,8-9,28H2,1-2H3,(H2,29,36)/b30-10+/t11-,22?,26?,27-/m0/s1. The Kier molecular flexibility index (Phi) is 5.62. The molecular weight excluding hydrogens is 494 g/mol. The largest absolute Gasteiger partial charge is 0.510 e. The molecule has 2 unspecified atom stereocenters. The van der Waals surface area contributed by atoms with Gasteiger partial charge in [0.25, 0.3) is 5.91 Å². The Labute approximate surface area is 216 Å². The minimum Gasteiger partial charge on any atom is -0.510 e. The van der Waals surface area contributed by atoms with Crippen molar-refractivity contribution in [2.24, 2.45) is 27.8 Å². The third-order valence-electron chi connectivity index (χ3n) is 8.05. The van der Waals surface area contributed by atoms with Gasteiger partial charge in [-0.15, -0.1) is 0 Å². The van der Waals surface area contributed by atoms with Crippen LogP contribution in [0.2, 0.25) is 0 Å². The molecule has 1 aromatic heterocycles. The smallest absolute Gasteiger partial charge is 0.255 e. The van der Waals surface area contributed by atoms with Gasteiger partial charge in [0.05, 0.1) is 17.8 Å². The number of hydrogen-bond donors (Lipinski definition) is 6. The van der Waals surface area contributed by atoms with Gasteiger partial charge < -0.3 is 36.3 Å². The van der Waals surface area contributed by atoms with Gasteiger partial charge in [-0.2, -0.15) is 0 Å². The van der Waals surface area contributed by atoms with E-state index in [1.165, 1.54) is 13.0 Å². The molecule has 11 heteroatoms. The number of fused-ring (bicyclic) bond motifs is 3. The van der Waals surface area contributed by atoms with Crippen LogP contribution in [0.3, 0.4) is 0 Å². The Balaban J connectivity index is 1.69. The molecule has 38 heavy (non-hydrogen) atoms. The average Bonchev–Trinajstić information content (AvgIpc) is 3.33. The van der Waals surface area contributed by atoms with E-state index in [9.17, 15) is 34.8 Å². The number of nitrogens with two attached hydrogens (primary N) is 2. The highest BCUT2D eigenvalue weighted by atomic mass is 16.4. The zero-order valence-electron chi connectivity index (χ0n) is 20.7. The molecule has 1 aromatic carbocycles. The molecule has 2 aromatic rings. The summed E-state index contributed by atoms with van der Waals surface area (Å²) in [6.45, 7) is 3.84. The predicted octanol–water partition coefficient (Wildman–Crippen LogP) is 1.61. The number of primary amides is 1. The van der Waals surface area contributed by atoms with Gasteiger partial charge in [0.15, 0.2) is 11.4 Å². The van der Waals surface area contributed by atoms with Crippen molar-refractivity contribution in [2.45, 2.75) is 38.3 Å². The van der Waals surface area contributed by atoms with Crippen molar-refractivity contribution in [1.82, 2.24) is 0 Å². The van der Waals surface area contributed by atoms with Crippen molar-refractivity contribution < 1.29 is 39.2 Å². The van der Waals surface area contributed by atoms with Crippen molar-refractivity contribution in [3.8, 4) is 17.1 Å². The number of furan rings is 1. The number of aromatic hydroxyl groups is 1. The zero-order chi connectivity index (χ0) is 27.7. The van der Waals surface area contributed by atoms with E-state index in [2.05, 4.69) is 4.99 Å². The summed E-state index contributed by atoms with van der Waals surface area (Å²) in [6, 6.07) is 4.90. The lowest BCUT2D eigenvalue weighted by Gasteiger charge is -2.54. The van der Waals surface area contributed by atoms with Gasteiger partial charge in [0, 0.05) is 23.1 Å². The lowest BCUT2D eigenvalue weighted by Crippen LogP contribution is -2.69. The third kappa shape index (κ3) is 3.15. The molecule has 1 amide bonds. The lowest BCUT2D eigenvalue weighted by atomic mass is 9.51. The number of carbonyl (C=O) groups is 3. The van der Waals surface area contributed by atoms with E-state index in [4.69, 9.17) is 15.9 Å². The fourth-order valence-electron chi connectivity index (χ4n) is 6.06. The molecule has 198 valence electrons. The van der Waals surface area contributed by atoms with Gasteiger partial charge in [-0.25, -0.2) is 0 Å². The molecule has 1 heterocycles. The molecule has 4 atom stereocenters. The minimum atomic E-state index is -2.80. The zero-order valence-corrected chi connectivity index (χ0v) is 20.7.